The van der Waals surface area contributed by atoms with Gasteiger partial charge in [0.25, 0.3) is 0 Å². The van der Waals surface area contributed by atoms with E-state index in [1.54, 1.807) is 11.3 Å². The molecule has 0 spiro atoms. The van der Waals surface area contributed by atoms with Crippen molar-refractivity contribution in [2.75, 3.05) is 0 Å². The predicted octanol–water partition coefficient (Wildman–Crippen LogP) is 4.09. The first-order chi connectivity index (χ1) is 10.7. The first-order valence-electron chi connectivity index (χ1n) is 7.75. The van der Waals surface area contributed by atoms with Crippen molar-refractivity contribution in [1.29, 1.82) is 0 Å². The quantitative estimate of drug-likeness (QED) is 0.857. The Labute approximate surface area is 140 Å². The third-order valence-electron chi connectivity index (χ3n) is 4.90. The average molecular weight is 332 g/mol. The Morgan fingerprint density at radius 2 is 1.83 bits per heavy atom. The zero-order valence-electron chi connectivity index (χ0n) is 13.8. The van der Waals surface area contributed by atoms with Crippen molar-refractivity contribution in [3.05, 3.63) is 35.2 Å². The van der Waals surface area contributed by atoms with Crippen LogP contribution in [0.4, 0.5) is 0 Å². The summed E-state index contributed by atoms with van der Waals surface area (Å²) in [7, 11) is -0.561. The lowest BCUT2D eigenvalue weighted by Crippen LogP contribution is -2.41. The Bertz CT molecular complexity index is 721. The summed E-state index contributed by atoms with van der Waals surface area (Å²) in [5.74, 6) is -1.18. The highest BCUT2D eigenvalue weighted by Gasteiger charge is 2.54. The molecule has 0 saturated carbocycles. The minimum absolute atomic E-state index is 0.0163. The van der Waals surface area contributed by atoms with Gasteiger partial charge in [-0.1, -0.05) is 18.2 Å². The molecule has 1 aromatic carbocycles. The monoisotopic (exact) mass is 332 g/mol. The second kappa shape index (κ2) is 5.62. The van der Waals surface area contributed by atoms with E-state index in [2.05, 4.69) is 0 Å². The molecule has 2 aromatic rings. The van der Waals surface area contributed by atoms with E-state index in [9.17, 15) is 9.90 Å². The molecule has 1 aliphatic rings. The summed E-state index contributed by atoms with van der Waals surface area (Å²) in [5, 5.41) is 12.5. The molecule has 1 atom stereocenters. The van der Waals surface area contributed by atoms with Gasteiger partial charge in [0.2, 0.25) is 0 Å². The lowest BCUT2D eigenvalue weighted by Gasteiger charge is -2.32. The Hall–Kier alpha value is -1.37. The molecular formula is C17H21BO4S. The van der Waals surface area contributed by atoms with Crippen molar-refractivity contribution in [3.63, 3.8) is 0 Å². The number of rotatable bonds is 4. The zero-order chi connectivity index (χ0) is 16.8. The number of aliphatic carboxylic acids is 1. The molecule has 0 aliphatic carbocycles. The molecule has 4 nitrogen and oxygen atoms in total. The van der Waals surface area contributed by atoms with Crippen molar-refractivity contribution >= 4 is 34.5 Å². The largest absolute Gasteiger partial charge is 0.481 e. The van der Waals surface area contributed by atoms with Crippen LogP contribution in [-0.4, -0.2) is 29.4 Å². The normalized spacial score (nSPS) is 20.8. The van der Waals surface area contributed by atoms with E-state index in [1.807, 2.05) is 57.3 Å². The first-order valence-corrected chi connectivity index (χ1v) is 8.63. The van der Waals surface area contributed by atoms with Gasteiger partial charge in [0.1, 0.15) is 0 Å². The molecule has 2 heterocycles. The fraction of sp³-hybridized carbons (Fsp3) is 0.471. The van der Waals surface area contributed by atoms with Gasteiger partial charge in [-0.15, -0.1) is 11.3 Å². The summed E-state index contributed by atoms with van der Waals surface area (Å²) >= 11 is 1.62. The van der Waals surface area contributed by atoms with Crippen LogP contribution >= 0.6 is 11.3 Å². The summed E-state index contributed by atoms with van der Waals surface area (Å²) < 4.78 is 13.4. The maximum absolute atomic E-state index is 11.4. The van der Waals surface area contributed by atoms with Gasteiger partial charge in [-0.3, -0.25) is 4.79 Å². The van der Waals surface area contributed by atoms with E-state index in [-0.39, 0.29) is 12.2 Å². The number of hydrogen-bond acceptors (Lipinski definition) is 4. The summed E-state index contributed by atoms with van der Waals surface area (Å²) in [5.41, 5.74) is 0.0482. The number of fused-ring (bicyclic) bond motifs is 1. The van der Waals surface area contributed by atoms with Crippen molar-refractivity contribution in [2.24, 2.45) is 0 Å². The van der Waals surface area contributed by atoms with Crippen molar-refractivity contribution in [2.45, 2.75) is 51.1 Å². The van der Waals surface area contributed by atoms with Crippen LogP contribution in [-0.2, 0) is 14.1 Å². The van der Waals surface area contributed by atoms with E-state index < -0.39 is 24.3 Å². The maximum atomic E-state index is 11.4. The van der Waals surface area contributed by atoms with Crippen molar-refractivity contribution < 1.29 is 19.2 Å². The third-order valence-corrected chi connectivity index (χ3v) is 5.89. The van der Waals surface area contributed by atoms with Gasteiger partial charge in [-0.2, -0.15) is 0 Å². The number of carboxylic acid groups (broad SMARTS) is 1. The van der Waals surface area contributed by atoms with Gasteiger partial charge in [-0.05, 0) is 50.1 Å². The Kier molecular flexibility index (Phi) is 4.03. The highest BCUT2D eigenvalue weighted by molar-refractivity contribution is 7.17. The number of hydrogen-bond donors (Lipinski definition) is 1. The summed E-state index contributed by atoms with van der Waals surface area (Å²) in [6.45, 7) is 7.93. The summed E-state index contributed by atoms with van der Waals surface area (Å²) in [6, 6.07) is 8.04. The van der Waals surface area contributed by atoms with E-state index in [4.69, 9.17) is 9.31 Å². The molecule has 122 valence electrons. The molecule has 6 heteroatoms. The zero-order valence-corrected chi connectivity index (χ0v) is 14.6. The van der Waals surface area contributed by atoms with Gasteiger partial charge in [-0.25, -0.2) is 0 Å². The smallest absolute Gasteiger partial charge is 0.466 e. The molecule has 1 fully saturated rings. The van der Waals surface area contributed by atoms with Crippen LogP contribution in [0.25, 0.3) is 10.1 Å². The molecule has 1 N–H and O–H groups in total. The van der Waals surface area contributed by atoms with Crippen molar-refractivity contribution in [1.82, 2.24) is 0 Å². The van der Waals surface area contributed by atoms with Crippen LogP contribution in [0.3, 0.4) is 0 Å². The molecule has 0 radical (unpaired) electrons. The van der Waals surface area contributed by atoms with Gasteiger partial charge in [0.05, 0.1) is 17.6 Å². The molecular weight excluding hydrogens is 311 g/mol. The highest BCUT2D eigenvalue weighted by atomic mass is 32.1. The fourth-order valence-electron chi connectivity index (χ4n) is 2.88. The second-order valence-corrected chi connectivity index (χ2v) is 7.93. The number of carbonyl (C=O) groups is 1. The van der Waals surface area contributed by atoms with Crippen molar-refractivity contribution in [3.8, 4) is 0 Å². The van der Waals surface area contributed by atoms with Gasteiger partial charge in [0, 0.05) is 10.5 Å². The topological polar surface area (TPSA) is 55.8 Å². The molecule has 1 unspecified atom stereocenters. The number of benzene rings is 1. The van der Waals surface area contributed by atoms with Gasteiger partial charge < -0.3 is 14.4 Å². The second-order valence-electron chi connectivity index (χ2n) is 7.02. The van der Waals surface area contributed by atoms with Gasteiger partial charge >= 0.3 is 13.1 Å². The minimum Gasteiger partial charge on any atom is -0.481 e. The molecule has 0 bridgehead atoms. The minimum atomic E-state index is -0.847. The van der Waals surface area contributed by atoms with E-state index in [0.29, 0.717) is 0 Å². The van der Waals surface area contributed by atoms with Gasteiger partial charge in [0.15, 0.2) is 0 Å². The Morgan fingerprint density at radius 3 is 2.43 bits per heavy atom. The fourth-order valence-corrected chi connectivity index (χ4v) is 3.90. The van der Waals surface area contributed by atoms with Crippen LogP contribution in [0, 0.1) is 0 Å². The standard InChI is InChI=1S/C17H21BO4S/c1-16(2)17(3,4)22-18(21-16)13(9-15(19)20)12-10-23-14-8-6-5-7-11(12)14/h5-8,10,13H,9H2,1-4H3,(H,19,20). The van der Waals surface area contributed by atoms with Crippen LogP contribution in [0.5, 0.6) is 0 Å². The highest BCUT2D eigenvalue weighted by Crippen LogP contribution is 2.43. The number of thiophene rings is 1. The van der Waals surface area contributed by atoms with Crippen LogP contribution in [0.2, 0.25) is 0 Å². The SMILES string of the molecule is CC1(C)OB(C(CC(=O)O)c2csc3ccccc23)OC1(C)C. The molecule has 23 heavy (non-hydrogen) atoms. The van der Waals surface area contributed by atoms with Crippen LogP contribution in [0.15, 0.2) is 29.6 Å². The lowest BCUT2D eigenvalue weighted by molar-refractivity contribution is -0.137. The number of carboxylic acids is 1. The van der Waals surface area contributed by atoms with Crippen LogP contribution in [0.1, 0.15) is 45.5 Å². The molecule has 1 aromatic heterocycles. The molecule has 0 amide bonds. The van der Waals surface area contributed by atoms with E-state index in [1.165, 1.54) is 0 Å². The lowest BCUT2D eigenvalue weighted by atomic mass is 9.66. The maximum Gasteiger partial charge on any atom is 0.466 e. The third kappa shape index (κ3) is 2.91. The van der Waals surface area contributed by atoms with Crippen LogP contribution < -0.4 is 0 Å². The average Bonchev–Trinajstić information content (AvgIpc) is 2.95. The first kappa shape index (κ1) is 16.5. The molecule has 1 saturated heterocycles. The molecule has 3 rings (SSSR count). The molecule has 1 aliphatic heterocycles. The van der Waals surface area contributed by atoms with E-state index >= 15 is 0 Å². The summed E-state index contributed by atoms with van der Waals surface area (Å²) in [4.78, 5) is 11.4. The predicted molar refractivity (Wildman–Crippen MR) is 92.9 cm³/mol. The Balaban J connectivity index is 2.01. The van der Waals surface area contributed by atoms with E-state index in [0.717, 1.165) is 15.6 Å². The Morgan fingerprint density at radius 1 is 1.22 bits per heavy atom. The summed E-state index contributed by atoms with van der Waals surface area (Å²) in [6.07, 6.45) is -0.0163.